The first-order valence-corrected chi connectivity index (χ1v) is 10.0. The SMILES string of the molecule is O=C1C(Nc2nnc(Cc3ccccc3)s2)CCCN1Cc1ccccc1. The number of likely N-dealkylation sites (tertiary alicyclic amines) is 1. The lowest BCUT2D eigenvalue weighted by atomic mass is 10.0. The number of piperidine rings is 1. The summed E-state index contributed by atoms with van der Waals surface area (Å²) < 4.78 is 0. The summed E-state index contributed by atoms with van der Waals surface area (Å²) in [7, 11) is 0. The van der Waals surface area contributed by atoms with E-state index in [-0.39, 0.29) is 11.9 Å². The zero-order valence-corrected chi connectivity index (χ0v) is 15.9. The summed E-state index contributed by atoms with van der Waals surface area (Å²) in [6, 6.07) is 20.1. The Hall–Kier alpha value is -2.73. The van der Waals surface area contributed by atoms with Crippen LogP contribution in [0.4, 0.5) is 5.13 Å². The molecule has 1 saturated heterocycles. The Morgan fingerprint density at radius 2 is 1.70 bits per heavy atom. The fourth-order valence-corrected chi connectivity index (χ4v) is 4.16. The van der Waals surface area contributed by atoms with Crippen LogP contribution in [0.15, 0.2) is 60.7 Å². The topological polar surface area (TPSA) is 58.1 Å². The summed E-state index contributed by atoms with van der Waals surface area (Å²) in [6.45, 7) is 1.47. The summed E-state index contributed by atoms with van der Waals surface area (Å²) in [5.74, 6) is 0.143. The van der Waals surface area contributed by atoms with Gasteiger partial charge in [-0.15, -0.1) is 10.2 Å². The monoisotopic (exact) mass is 378 g/mol. The summed E-state index contributed by atoms with van der Waals surface area (Å²) in [5.41, 5.74) is 2.37. The predicted octanol–water partition coefficient (Wildman–Crippen LogP) is 3.73. The van der Waals surface area contributed by atoms with Gasteiger partial charge in [0.2, 0.25) is 11.0 Å². The fraction of sp³-hybridized carbons (Fsp3) is 0.286. The van der Waals surface area contributed by atoms with Crippen molar-refractivity contribution in [2.45, 2.75) is 31.8 Å². The van der Waals surface area contributed by atoms with E-state index in [2.05, 4.69) is 39.8 Å². The van der Waals surface area contributed by atoms with Crippen molar-refractivity contribution >= 4 is 22.4 Å². The van der Waals surface area contributed by atoms with Crippen LogP contribution in [0.2, 0.25) is 0 Å². The van der Waals surface area contributed by atoms with Gasteiger partial charge in [0, 0.05) is 19.5 Å². The van der Waals surface area contributed by atoms with Gasteiger partial charge >= 0.3 is 0 Å². The lowest BCUT2D eigenvalue weighted by molar-refractivity contribution is -0.134. The molecule has 27 heavy (non-hydrogen) atoms. The molecule has 3 aromatic rings. The smallest absolute Gasteiger partial charge is 0.245 e. The van der Waals surface area contributed by atoms with Gasteiger partial charge in [-0.05, 0) is 24.0 Å². The van der Waals surface area contributed by atoms with E-state index < -0.39 is 0 Å². The summed E-state index contributed by atoms with van der Waals surface area (Å²) >= 11 is 1.52. The van der Waals surface area contributed by atoms with E-state index in [4.69, 9.17) is 0 Å². The molecule has 138 valence electrons. The minimum atomic E-state index is -0.222. The van der Waals surface area contributed by atoms with Crippen LogP contribution in [0, 0.1) is 0 Å². The van der Waals surface area contributed by atoms with Crippen molar-refractivity contribution in [1.29, 1.82) is 0 Å². The van der Waals surface area contributed by atoms with Gasteiger partial charge < -0.3 is 10.2 Å². The van der Waals surface area contributed by atoms with Gasteiger partial charge in [-0.1, -0.05) is 72.0 Å². The molecule has 1 aliphatic rings. The number of nitrogens with one attached hydrogen (secondary N) is 1. The lowest BCUT2D eigenvalue weighted by Crippen LogP contribution is -2.47. The second-order valence-corrected chi connectivity index (χ2v) is 7.81. The van der Waals surface area contributed by atoms with Gasteiger partial charge in [0.1, 0.15) is 11.0 Å². The van der Waals surface area contributed by atoms with E-state index in [0.29, 0.717) is 6.54 Å². The van der Waals surface area contributed by atoms with E-state index in [9.17, 15) is 4.79 Å². The van der Waals surface area contributed by atoms with E-state index in [1.165, 1.54) is 16.9 Å². The van der Waals surface area contributed by atoms with Gasteiger partial charge in [-0.3, -0.25) is 4.79 Å². The van der Waals surface area contributed by atoms with Crippen molar-refractivity contribution in [1.82, 2.24) is 15.1 Å². The zero-order chi connectivity index (χ0) is 18.5. The Kier molecular flexibility index (Phi) is 5.44. The summed E-state index contributed by atoms with van der Waals surface area (Å²) in [5, 5.41) is 13.5. The minimum absolute atomic E-state index is 0.143. The molecular weight excluding hydrogens is 356 g/mol. The number of hydrogen-bond donors (Lipinski definition) is 1. The van der Waals surface area contributed by atoms with Gasteiger partial charge in [0.05, 0.1) is 0 Å². The molecule has 1 aliphatic heterocycles. The maximum absolute atomic E-state index is 12.9. The molecule has 0 saturated carbocycles. The molecule has 0 aliphatic carbocycles. The summed E-state index contributed by atoms with van der Waals surface area (Å²) in [4.78, 5) is 14.8. The lowest BCUT2D eigenvalue weighted by Gasteiger charge is -2.32. The first kappa shape index (κ1) is 17.7. The third-order valence-electron chi connectivity index (χ3n) is 4.71. The Balaban J connectivity index is 1.38. The zero-order valence-electron chi connectivity index (χ0n) is 15.0. The highest BCUT2D eigenvalue weighted by Crippen LogP contribution is 2.23. The van der Waals surface area contributed by atoms with Gasteiger partial charge in [-0.25, -0.2) is 0 Å². The van der Waals surface area contributed by atoms with Crippen LogP contribution in [0.5, 0.6) is 0 Å². The average molecular weight is 379 g/mol. The van der Waals surface area contributed by atoms with E-state index >= 15 is 0 Å². The molecular formula is C21H22N4OS. The molecule has 0 radical (unpaired) electrons. The second-order valence-electron chi connectivity index (χ2n) is 6.75. The molecule has 1 unspecified atom stereocenters. The average Bonchev–Trinajstić information content (AvgIpc) is 3.13. The second kappa shape index (κ2) is 8.31. The Labute approximate surface area is 163 Å². The first-order valence-electron chi connectivity index (χ1n) is 9.23. The normalized spacial score (nSPS) is 17.1. The Morgan fingerprint density at radius 3 is 2.44 bits per heavy atom. The number of rotatable bonds is 6. The van der Waals surface area contributed by atoms with Gasteiger partial charge in [-0.2, -0.15) is 0 Å². The van der Waals surface area contributed by atoms with Crippen molar-refractivity contribution in [3.05, 3.63) is 76.8 Å². The highest BCUT2D eigenvalue weighted by Gasteiger charge is 2.29. The highest BCUT2D eigenvalue weighted by atomic mass is 32.1. The summed E-state index contributed by atoms with van der Waals surface area (Å²) in [6.07, 6.45) is 2.59. The number of amides is 1. The van der Waals surface area contributed by atoms with Crippen molar-refractivity contribution in [3.63, 3.8) is 0 Å². The predicted molar refractivity (Wildman–Crippen MR) is 108 cm³/mol. The maximum atomic E-state index is 12.9. The number of aromatic nitrogens is 2. The van der Waals surface area contributed by atoms with Crippen LogP contribution >= 0.6 is 11.3 Å². The van der Waals surface area contributed by atoms with Crippen LogP contribution in [-0.4, -0.2) is 33.6 Å². The Morgan fingerprint density at radius 1 is 1.00 bits per heavy atom. The molecule has 4 rings (SSSR count). The number of nitrogens with zero attached hydrogens (tertiary/aromatic N) is 3. The van der Waals surface area contributed by atoms with Crippen molar-refractivity contribution in [3.8, 4) is 0 Å². The number of carbonyl (C=O) groups is 1. The van der Waals surface area contributed by atoms with Crippen molar-refractivity contribution < 1.29 is 4.79 Å². The number of carbonyl (C=O) groups excluding carboxylic acids is 1. The van der Waals surface area contributed by atoms with Crippen LogP contribution < -0.4 is 5.32 Å². The molecule has 2 aromatic carbocycles. The molecule has 0 bridgehead atoms. The first-order chi connectivity index (χ1) is 13.3. The molecule has 5 nitrogen and oxygen atoms in total. The van der Waals surface area contributed by atoms with Crippen LogP contribution in [0.25, 0.3) is 0 Å². The van der Waals surface area contributed by atoms with Gasteiger partial charge in [0.15, 0.2) is 0 Å². The number of anilines is 1. The van der Waals surface area contributed by atoms with Crippen LogP contribution in [0.1, 0.15) is 29.0 Å². The standard InChI is InChI=1S/C21H22N4OS/c26-20-18(12-7-13-25(20)15-17-10-5-2-6-11-17)22-21-24-23-19(27-21)14-16-8-3-1-4-9-16/h1-6,8-11,18H,7,12-15H2,(H,22,24). The minimum Gasteiger partial charge on any atom is -0.348 e. The van der Waals surface area contributed by atoms with E-state index in [0.717, 1.165) is 41.5 Å². The van der Waals surface area contributed by atoms with Crippen LogP contribution in [-0.2, 0) is 17.8 Å². The van der Waals surface area contributed by atoms with Crippen molar-refractivity contribution in [2.75, 3.05) is 11.9 Å². The molecule has 0 spiro atoms. The largest absolute Gasteiger partial charge is 0.348 e. The number of hydrogen-bond acceptors (Lipinski definition) is 5. The molecule has 1 aromatic heterocycles. The van der Waals surface area contributed by atoms with Crippen LogP contribution in [0.3, 0.4) is 0 Å². The quantitative estimate of drug-likeness (QED) is 0.710. The third-order valence-corrected chi connectivity index (χ3v) is 5.56. The molecule has 1 fully saturated rings. The van der Waals surface area contributed by atoms with Crippen molar-refractivity contribution in [2.24, 2.45) is 0 Å². The Bertz CT molecular complexity index is 881. The maximum Gasteiger partial charge on any atom is 0.245 e. The molecule has 1 N–H and O–H groups in total. The fourth-order valence-electron chi connectivity index (χ4n) is 3.34. The third kappa shape index (κ3) is 4.52. The van der Waals surface area contributed by atoms with Gasteiger partial charge in [0.25, 0.3) is 0 Å². The molecule has 6 heteroatoms. The van der Waals surface area contributed by atoms with E-state index in [1.807, 2.05) is 41.3 Å². The molecule has 1 amide bonds. The molecule has 1 atom stereocenters. The molecule has 2 heterocycles. The highest BCUT2D eigenvalue weighted by molar-refractivity contribution is 7.15. The number of benzene rings is 2. The van der Waals surface area contributed by atoms with E-state index in [1.54, 1.807) is 0 Å².